The number of hydrogen-bond acceptors (Lipinski definition) is 14. The Bertz CT molecular complexity index is 1090. The molecule has 2 heterocycles. The Hall–Kier alpha value is -1.93. The Morgan fingerprint density at radius 2 is 1.64 bits per heavy atom. The molecule has 6 N–H and O–H groups in total. The molecule has 1 aromatic heterocycles. The molecule has 0 aromatic carbocycles. The van der Waals surface area contributed by atoms with Gasteiger partial charge in [-0.25, -0.2) is 9.69 Å². The summed E-state index contributed by atoms with van der Waals surface area (Å²) in [5, 5.41) is 13.5. The average molecular weight is 732 g/mol. The first-order valence-corrected chi connectivity index (χ1v) is 18.2. The summed E-state index contributed by atoms with van der Waals surface area (Å²) in [6, 6.07) is 0. The number of nitrogens with one attached hydrogen (secondary N) is 2. The number of methoxy groups -OCH3 is 1. The van der Waals surface area contributed by atoms with Gasteiger partial charge in [0.2, 0.25) is 11.8 Å². The molecule has 290 valence electrons. The average Bonchev–Trinajstić information content (AvgIpc) is 3.38. The Labute approximate surface area is 304 Å². The van der Waals surface area contributed by atoms with Gasteiger partial charge >= 0.3 is 0 Å². The second-order valence-electron chi connectivity index (χ2n) is 14.1. The van der Waals surface area contributed by atoms with E-state index in [1.807, 2.05) is 23.6 Å². The van der Waals surface area contributed by atoms with Crippen molar-refractivity contribution in [2.75, 3.05) is 99.7 Å². The van der Waals surface area contributed by atoms with Crippen molar-refractivity contribution in [2.45, 2.75) is 83.1 Å². The summed E-state index contributed by atoms with van der Waals surface area (Å²) in [5.74, 6) is 11.0. The molecule has 16 nitrogen and oxygen atoms in total. The van der Waals surface area contributed by atoms with E-state index in [1.165, 1.54) is 0 Å². The van der Waals surface area contributed by atoms with Crippen molar-refractivity contribution in [1.29, 1.82) is 0 Å². The lowest BCUT2D eigenvalue weighted by molar-refractivity contribution is -0.133. The summed E-state index contributed by atoms with van der Waals surface area (Å²) >= 11 is 4.90. The molecule has 1 aliphatic heterocycles. The highest BCUT2D eigenvalue weighted by atomic mass is 32.1. The molecule has 0 saturated carbocycles. The minimum Gasteiger partial charge on any atom is -0.379 e. The number of aromatic nitrogens is 3. The van der Waals surface area contributed by atoms with E-state index in [9.17, 15) is 9.59 Å². The number of rotatable bonds is 27. The van der Waals surface area contributed by atoms with E-state index < -0.39 is 4.75 Å². The van der Waals surface area contributed by atoms with Crippen molar-refractivity contribution in [3.63, 3.8) is 0 Å². The van der Waals surface area contributed by atoms with Gasteiger partial charge in [0.05, 0.1) is 68.4 Å². The number of amides is 2. The van der Waals surface area contributed by atoms with Crippen LogP contribution in [0.5, 0.6) is 0 Å². The van der Waals surface area contributed by atoms with Gasteiger partial charge in [-0.15, -0.1) is 5.10 Å². The van der Waals surface area contributed by atoms with E-state index in [-0.39, 0.29) is 36.2 Å². The number of carbonyl (C=O) groups is 2. The lowest BCUT2D eigenvalue weighted by Gasteiger charge is -2.31. The van der Waals surface area contributed by atoms with E-state index in [1.54, 1.807) is 12.1 Å². The van der Waals surface area contributed by atoms with Crippen LogP contribution in [-0.2, 0) is 52.7 Å². The molecule has 17 heteroatoms. The molecule has 1 aromatic rings. The third-order valence-corrected chi connectivity index (χ3v) is 8.35. The van der Waals surface area contributed by atoms with E-state index in [0.717, 1.165) is 24.4 Å². The molecule has 0 radical (unpaired) electrons. The van der Waals surface area contributed by atoms with Crippen LogP contribution in [0, 0.1) is 5.41 Å². The third-order valence-electron chi connectivity index (χ3n) is 8.08. The number of nitrogens with two attached hydrogens (primary N) is 2. The van der Waals surface area contributed by atoms with Crippen molar-refractivity contribution in [1.82, 2.24) is 35.6 Å². The minimum absolute atomic E-state index is 0.00609. The monoisotopic (exact) mass is 731 g/mol. The first-order chi connectivity index (χ1) is 23.9. The number of ether oxygens (including phenoxy) is 5. The fourth-order valence-corrected chi connectivity index (χ4v) is 5.90. The molecule has 0 spiro atoms. The zero-order chi connectivity index (χ0) is 36.8. The second kappa shape index (κ2) is 24.3. The largest absolute Gasteiger partial charge is 0.379 e. The number of hydrogen-bond donors (Lipinski definition) is 5. The molecule has 2 rings (SSSR count). The van der Waals surface area contributed by atoms with Gasteiger partial charge < -0.3 is 33.9 Å². The van der Waals surface area contributed by atoms with Gasteiger partial charge in [-0.05, 0) is 26.2 Å². The molecule has 2 unspecified atom stereocenters. The first-order valence-electron chi connectivity index (χ1n) is 17.8. The number of fused-ring (bicyclic) bond motifs is 1. The van der Waals surface area contributed by atoms with Crippen LogP contribution < -0.4 is 22.4 Å². The summed E-state index contributed by atoms with van der Waals surface area (Å²) in [5.41, 5.74) is 4.34. The maximum Gasteiger partial charge on any atom is 0.222 e. The molecular formula is C33H65N9O7S. The molecule has 0 bridgehead atoms. The molecule has 2 atom stereocenters. The lowest BCUT2D eigenvalue weighted by atomic mass is 9.95. The molecular weight excluding hydrogens is 666 g/mol. The van der Waals surface area contributed by atoms with E-state index in [4.69, 9.17) is 48.0 Å². The fourth-order valence-electron chi connectivity index (χ4n) is 5.67. The van der Waals surface area contributed by atoms with Gasteiger partial charge in [0.25, 0.3) is 0 Å². The quantitative estimate of drug-likeness (QED) is 0.0360. The van der Waals surface area contributed by atoms with Gasteiger partial charge in [0.15, 0.2) is 0 Å². The topological polar surface area (TPSA) is 194 Å². The van der Waals surface area contributed by atoms with Crippen LogP contribution in [0.2, 0.25) is 0 Å². The van der Waals surface area contributed by atoms with Crippen molar-refractivity contribution >= 4 is 24.4 Å². The summed E-state index contributed by atoms with van der Waals surface area (Å²) in [6.07, 6.45) is 3.57. The fraction of sp³-hybridized carbons (Fsp3) is 0.879. The lowest BCUT2D eigenvalue weighted by Crippen LogP contribution is -2.42. The maximum absolute atomic E-state index is 13.3. The zero-order valence-electron chi connectivity index (χ0n) is 31.1. The predicted molar refractivity (Wildman–Crippen MR) is 194 cm³/mol. The van der Waals surface area contributed by atoms with Gasteiger partial charge in [-0.2, -0.15) is 12.6 Å². The van der Waals surface area contributed by atoms with Crippen LogP contribution in [0.4, 0.5) is 0 Å². The summed E-state index contributed by atoms with van der Waals surface area (Å²) in [4.78, 5) is 27.4. The Kier molecular flexibility index (Phi) is 21.5. The van der Waals surface area contributed by atoms with Gasteiger partial charge in [0, 0.05) is 91.2 Å². The number of thiol groups is 1. The highest BCUT2D eigenvalue weighted by molar-refractivity contribution is 7.81. The van der Waals surface area contributed by atoms with E-state index >= 15 is 0 Å². The number of hydrazine groups is 2. The molecule has 2 amide bonds. The summed E-state index contributed by atoms with van der Waals surface area (Å²) < 4.78 is 29.6. The highest BCUT2D eigenvalue weighted by Gasteiger charge is 2.30. The highest BCUT2D eigenvalue weighted by Crippen LogP contribution is 2.23. The zero-order valence-corrected chi connectivity index (χ0v) is 32.0. The van der Waals surface area contributed by atoms with E-state index in [0.29, 0.717) is 111 Å². The Morgan fingerprint density at radius 3 is 2.28 bits per heavy atom. The standard InChI is InChI=1S/C33H65N9O7S/c1-32(2,23-40(4)35)25-49-26-33(3,50)24-42-29-11-14-41(22-27(45-5)21-28(29)38-39-42)31(44)10-6-9-30(43)36-12-7-15-46-17-19-48-20-18-47-16-8-13-37-34/h27,37,50H,6-26,34-35H2,1-5H3,(H,36,43). The molecule has 1 aliphatic rings. The van der Waals surface area contributed by atoms with Crippen LogP contribution in [0.15, 0.2) is 0 Å². The normalized spacial score (nSPS) is 16.6. The van der Waals surface area contributed by atoms with Gasteiger partial charge in [0.1, 0.15) is 0 Å². The number of nitrogens with zero attached hydrogens (tertiary/aromatic N) is 5. The van der Waals surface area contributed by atoms with E-state index in [2.05, 4.69) is 34.9 Å². The van der Waals surface area contributed by atoms with Gasteiger partial charge in [-0.3, -0.25) is 26.7 Å². The van der Waals surface area contributed by atoms with Crippen molar-refractivity contribution < 1.29 is 33.3 Å². The van der Waals surface area contributed by atoms with Crippen LogP contribution >= 0.6 is 12.6 Å². The summed E-state index contributed by atoms with van der Waals surface area (Å²) in [6.45, 7) is 13.9. The molecule has 0 aliphatic carbocycles. The van der Waals surface area contributed by atoms with Crippen LogP contribution in [-0.4, -0.2) is 147 Å². The van der Waals surface area contributed by atoms with Crippen molar-refractivity contribution in [3.8, 4) is 0 Å². The second-order valence-corrected chi connectivity index (χ2v) is 15.1. The predicted octanol–water partition coefficient (Wildman–Crippen LogP) is 0.337. The molecule has 50 heavy (non-hydrogen) atoms. The van der Waals surface area contributed by atoms with Gasteiger partial charge in [-0.1, -0.05) is 19.1 Å². The van der Waals surface area contributed by atoms with Crippen LogP contribution in [0.25, 0.3) is 0 Å². The first kappa shape index (κ1) is 44.2. The van der Waals surface area contributed by atoms with Crippen molar-refractivity contribution in [2.24, 2.45) is 17.1 Å². The molecule has 0 fully saturated rings. The Morgan fingerprint density at radius 1 is 0.980 bits per heavy atom. The maximum atomic E-state index is 13.3. The molecule has 0 saturated heterocycles. The Balaban J connectivity index is 1.68. The van der Waals surface area contributed by atoms with Crippen molar-refractivity contribution in [3.05, 3.63) is 11.4 Å². The SMILES string of the molecule is COC1Cc2nnn(CC(C)(S)COCC(C)(C)CN(C)N)c2CCN(C(=O)CCCC(=O)NCCCOCCOCCOCCCNN)C1. The minimum atomic E-state index is -0.494. The number of carbonyl (C=O) groups excluding carboxylic acids is 2. The smallest absolute Gasteiger partial charge is 0.222 e. The summed E-state index contributed by atoms with van der Waals surface area (Å²) in [7, 11) is 3.49. The third kappa shape index (κ3) is 19.1. The van der Waals surface area contributed by atoms with Crippen LogP contribution in [0.1, 0.15) is 64.3 Å². The van der Waals surface area contributed by atoms with Crippen LogP contribution in [0.3, 0.4) is 0 Å².